The van der Waals surface area contributed by atoms with Crippen LogP contribution in [-0.2, 0) is 4.79 Å². The zero-order chi connectivity index (χ0) is 13.7. The first-order valence-corrected chi connectivity index (χ1v) is 6.86. The SMILES string of the molecule is CN1CCN(C(=O)/C(N)=C/C2=NCCCNC2)CC1. The lowest BCUT2D eigenvalue weighted by Gasteiger charge is -2.32. The molecule has 1 amide bonds. The minimum atomic E-state index is -0.0694. The van der Waals surface area contributed by atoms with Crippen LogP contribution in [0, 0.1) is 0 Å². The number of likely N-dealkylation sites (N-methyl/N-ethyl adjacent to an activating group) is 1. The van der Waals surface area contributed by atoms with E-state index in [1.807, 2.05) is 4.90 Å². The molecule has 0 saturated carbocycles. The number of amides is 1. The van der Waals surface area contributed by atoms with Gasteiger partial charge in [0.1, 0.15) is 0 Å². The molecule has 0 radical (unpaired) electrons. The van der Waals surface area contributed by atoms with Crippen molar-refractivity contribution in [3.05, 3.63) is 11.8 Å². The highest BCUT2D eigenvalue weighted by molar-refractivity contribution is 6.04. The maximum absolute atomic E-state index is 12.2. The zero-order valence-electron chi connectivity index (χ0n) is 11.6. The van der Waals surface area contributed by atoms with E-state index in [9.17, 15) is 4.79 Å². The lowest BCUT2D eigenvalue weighted by molar-refractivity contribution is -0.128. The van der Waals surface area contributed by atoms with Gasteiger partial charge in [0.25, 0.3) is 5.91 Å². The van der Waals surface area contributed by atoms with Gasteiger partial charge in [0.15, 0.2) is 0 Å². The molecule has 0 aromatic carbocycles. The van der Waals surface area contributed by atoms with Crippen molar-refractivity contribution in [2.45, 2.75) is 6.42 Å². The van der Waals surface area contributed by atoms with Gasteiger partial charge < -0.3 is 20.9 Å². The van der Waals surface area contributed by atoms with Crippen molar-refractivity contribution in [1.82, 2.24) is 15.1 Å². The van der Waals surface area contributed by atoms with Crippen molar-refractivity contribution in [3.63, 3.8) is 0 Å². The minimum Gasteiger partial charge on any atom is -0.394 e. The van der Waals surface area contributed by atoms with E-state index in [1.54, 1.807) is 6.08 Å². The number of aliphatic imine (C=N–C) groups is 1. The monoisotopic (exact) mass is 265 g/mol. The Balaban J connectivity index is 1.95. The molecule has 1 saturated heterocycles. The Bertz CT molecular complexity index is 382. The molecular weight excluding hydrogens is 242 g/mol. The van der Waals surface area contributed by atoms with Crippen LogP contribution in [0.1, 0.15) is 6.42 Å². The first-order valence-electron chi connectivity index (χ1n) is 6.86. The third-order valence-corrected chi connectivity index (χ3v) is 3.49. The highest BCUT2D eigenvalue weighted by atomic mass is 16.2. The van der Waals surface area contributed by atoms with E-state index in [1.165, 1.54) is 0 Å². The third-order valence-electron chi connectivity index (χ3n) is 3.49. The molecule has 0 aromatic rings. The molecular formula is C13H23N5O. The van der Waals surface area contributed by atoms with Crippen LogP contribution in [0.2, 0.25) is 0 Å². The van der Waals surface area contributed by atoms with Gasteiger partial charge in [0.05, 0.1) is 11.4 Å². The second-order valence-corrected chi connectivity index (χ2v) is 5.10. The Morgan fingerprint density at radius 3 is 2.84 bits per heavy atom. The summed E-state index contributed by atoms with van der Waals surface area (Å²) in [5, 5.41) is 3.26. The standard InChI is InChI=1S/C13H23N5O/c1-17-5-7-18(8-6-17)13(19)12(14)9-11-10-15-3-2-4-16-11/h9,15H,2-8,10,14H2,1H3/b12-9-. The molecule has 2 aliphatic rings. The Labute approximate surface area is 114 Å². The van der Waals surface area contributed by atoms with Crippen molar-refractivity contribution in [2.24, 2.45) is 10.7 Å². The van der Waals surface area contributed by atoms with Crippen LogP contribution < -0.4 is 11.1 Å². The molecule has 2 aliphatic heterocycles. The van der Waals surface area contributed by atoms with Crippen molar-refractivity contribution in [1.29, 1.82) is 0 Å². The number of hydrogen-bond donors (Lipinski definition) is 2. The number of nitrogens with one attached hydrogen (secondary N) is 1. The van der Waals surface area contributed by atoms with Gasteiger partial charge >= 0.3 is 0 Å². The van der Waals surface area contributed by atoms with Crippen LogP contribution >= 0.6 is 0 Å². The minimum absolute atomic E-state index is 0.0694. The molecule has 2 heterocycles. The van der Waals surface area contributed by atoms with Crippen LogP contribution in [0.5, 0.6) is 0 Å². The van der Waals surface area contributed by atoms with Crippen LogP contribution in [0.4, 0.5) is 0 Å². The normalized spacial score (nSPS) is 22.9. The van der Waals surface area contributed by atoms with E-state index in [4.69, 9.17) is 5.73 Å². The van der Waals surface area contributed by atoms with E-state index < -0.39 is 0 Å². The third kappa shape index (κ3) is 4.04. The van der Waals surface area contributed by atoms with E-state index in [2.05, 4.69) is 22.3 Å². The Morgan fingerprint density at radius 2 is 2.11 bits per heavy atom. The first-order chi connectivity index (χ1) is 9.16. The number of carbonyl (C=O) groups is 1. The lowest BCUT2D eigenvalue weighted by Crippen LogP contribution is -2.48. The van der Waals surface area contributed by atoms with Crippen LogP contribution in [-0.4, -0.2) is 74.3 Å². The van der Waals surface area contributed by atoms with Crippen molar-refractivity contribution < 1.29 is 4.79 Å². The molecule has 0 atom stereocenters. The number of nitrogens with zero attached hydrogens (tertiary/aromatic N) is 3. The number of hydrogen-bond acceptors (Lipinski definition) is 5. The first kappa shape index (κ1) is 14.0. The quantitative estimate of drug-likeness (QED) is 0.631. The topological polar surface area (TPSA) is 74.0 Å². The van der Waals surface area contributed by atoms with Crippen molar-refractivity contribution in [2.75, 3.05) is 52.9 Å². The molecule has 1 fully saturated rings. The predicted molar refractivity (Wildman–Crippen MR) is 76.1 cm³/mol. The molecule has 0 aliphatic carbocycles. The number of nitrogens with two attached hydrogens (primary N) is 1. The Kier molecular flexibility index (Phi) is 4.93. The van der Waals surface area contributed by atoms with Gasteiger partial charge in [-0.25, -0.2) is 0 Å². The summed E-state index contributed by atoms with van der Waals surface area (Å²) in [5.74, 6) is -0.0694. The molecule has 0 spiro atoms. The van der Waals surface area contributed by atoms with E-state index in [0.717, 1.165) is 51.4 Å². The van der Waals surface area contributed by atoms with Crippen LogP contribution in [0.15, 0.2) is 16.8 Å². The summed E-state index contributed by atoms with van der Waals surface area (Å²) < 4.78 is 0. The average Bonchev–Trinajstić information content (AvgIpc) is 2.67. The van der Waals surface area contributed by atoms with Crippen molar-refractivity contribution in [3.8, 4) is 0 Å². The summed E-state index contributed by atoms with van der Waals surface area (Å²) in [6.45, 7) is 5.75. The summed E-state index contributed by atoms with van der Waals surface area (Å²) in [4.78, 5) is 20.7. The van der Waals surface area contributed by atoms with E-state index in [-0.39, 0.29) is 5.91 Å². The zero-order valence-corrected chi connectivity index (χ0v) is 11.6. The molecule has 2 rings (SSSR count). The summed E-state index contributed by atoms with van der Waals surface area (Å²) in [6, 6.07) is 0. The number of rotatable bonds is 2. The lowest BCUT2D eigenvalue weighted by atomic mass is 10.2. The Hall–Kier alpha value is -1.40. The summed E-state index contributed by atoms with van der Waals surface area (Å²) in [5.41, 5.74) is 7.08. The molecule has 19 heavy (non-hydrogen) atoms. The maximum Gasteiger partial charge on any atom is 0.269 e. The largest absolute Gasteiger partial charge is 0.394 e. The molecule has 0 bridgehead atoms. The van der Waals surface area contributed by atoms with E-state index >= 15 is 0 Å². The highest BCUT2D eigenvalue weighted by Gasteiger charge is 2.20. The molecule has 0 aromatic heterocycles. The number of piperazine rings is 1. The molecule has 106 valence electrons. The van der Waals surface area contributed by atoms with Gasteiger partial charge in [-0.15, -0.1) is 0 Å². The number of carbonyl (C=O) groups excluding carboxylic acids is 1. The van der Waals surface area contributed by atoms with Gasteiger partial charge in [0.2, 0.25) is 0 Å². The Morgan fingerprint density at radius 1 is 1.37 bits per heavy atom. The van der Waals surface area contributed by atoms with Gasteiger partial charge in [0, 0.05) is 39.3 Å². The molecule has 3 N–H and O–H groups in total. The molecule has 0 unspecified atom stereocenters. The highest BCUT2D eigenvalue weighted by Crippen LogP contribution is 2.03. The fraction of sp³-hybridized carbons (Fsp3) is 0.692. The molecule has 6 nitrogen and oxygen atoms in total. The van der Waals surface area contributed by atoms with Gasteiger partial charge in [-0.1, -0.05) is 0 Å². The summed E-state index contributed by atoms with van der Waals surface area (Å²) in [6.07, 6.45) is 2.75. The smallest absolute Gasteiger partial charge is 0.269 e. The predicted octanol–water partition coefficient (Wildman–Crippen LogP) is -0.963. The van der Waals surface area contributed by atoms with Crippen LogP contribution in [0.3, 0.4) is 0 Å². The molecule has 6 heteroatoms. The van der Waals surface area contributed by atoms with E-state index in [0.29, 0.717) is 12.2 Å². The van der Waals surface area contributed by atoms with Crippen molar-refractivity contribution >= 4 is 11.6 Å². The average molecular weight is 265 g/mol. The summed E-state index contributed by atoms with van der Waals surface area (Å²) >= 11 is 0. The summed E-state index contributed by atoms with van der Waals surface area (Å²) in [7, 11) is 2.06. The van der Waals surface area contributed by atoms with Gasteiger partial charge in [-0.2, -0.15) is 0 Å². The second kappa shape index (κ2) is 6.68. The maximum atomic E-state index is 12.2. The van der Waals surface area contributed by atoms with Gasteiger partial charge in [-0.3, -0.25) is 9.79 Å². The van der Waals surface area contributed by atoms with Crippen LogP contribution in [0.25, 0.3) is 0 Å². The fourth-order valence-corrected chi connectivity index (χ4v) is 2.23. The second-order valence-electron chi connectivity index (χ2n) is 5.10. The van der Waals surface area contributed by atoms with Gasteiger partial charge in [-0.05, 0) is 26.1 Å². The fourth-order valence-electron chi connectivity index (χ4n) is 2.23.